The van der Waals surface area contributed by atoms with Crippen LogP contribution in [0.4, 0.5) is 0 Å². The van der Waals surface area contributed by atoms with Crippen molar-refractivity contribution in [3.8, 4) is 11.5 Å². The molecule has 0 aliphatic heterocycles. The zero-order valence-corrected chi connectivity index (χ0v) is 22.6. The van der Waals surface area contributed by atoms with Crippen LogP contribution in [0.2, 0.25) is 0 Å². The maximum Gasteiger partial charge on any atom is 0.328 e. The number of aliphatic hydroxyl groups excluding tert-OH is 1. The Balaban J connectivity index is 1.82. The molecule has 3 aromatic rings. The van der Waals surface area contributed by atoms with E-state index in [9.17, 15) is 39.6 Å². The first kappa shape index (κ1) is 31.6. The second kappa shape index (κ2) is 15.2. The molecule has 0 aliphatic rings. The Hall–Kier alpha value is -4.94. The molecule has 0 bridgehead atoms. The summed E-state index contributed by atoms with van der Waals surface area (Å²) in [6.07, 6.45) is 0.115. The first-order valence-electron chi connectivity index (χ1n) is 13.2. The number of hydrogen-bond donors (Lipinski definition) is 8. The van der Waals surface area contributed by atoms with Crippen LogP contribution in [0, 0.1) is 0 Å². The van der Waals surface area contributed by atoms with Gasteiger partial charge < -0.3 is 42.1 Å². The molecule has 9 N–H and O–H groups in total. The highest BCUT2D eigenvalue weighted by atomic mass is 16.4. The van der Waals surface area contributed by atoms with Gasteiger partial charge in [-0.25, -0.2) is 4.79 Å². The smallest absolute Gasteiger partial charge is 0.328 e. The first-order valence-corrected chi connectivity index (χ1v) is 13.2. The number of carboxylic acids is 1. The third-order valence-corrected chi connectivity index (χ3v) is 6.45. The molecular formula is C30H34N4O8. The van der Waals surface area contributed by atoms with Crippen LogP contribution in [0.1, 0.15) is 16.7 Å². The number of nitrogens with two attached hydrogens (primary N) is 1. The third-order valence-electron chi connectivity index (χ3n) is 6.45. The predicted octanol–water partition coefficient (Wildman–Crippen LogP) is -0.0157. The highest BCUT2D eigenvalue weighted by Gasteiger charge is 2.30. The van der Waals surface area contributed by atoms with E-state index in [1.165, 1.54) is 36.4 Å². The van der Waals surface area contributed by atoms with Gasteiger partial charge in [-0.15, -0.1) is 0 Å². The Morgan fingerprint density at radius 1 is 0.595 bits per heavy atom. The molecule has 12 heteroatoms. The standard InChI is InChI=1S/C30H34N4O8/c31-23(14-19-6-10-21(36)11-7-19)27(38)32-24(15-18-4-2-1-3-5-18)28(39)33-25(16-20-8-12-22(37)13-9-20)29(40)34-26(17-35)30(41)42/h1-13,23-26,35-37H,14-17,31H2,(H,32,38)(H,33,39)(H,34,40)(H,41,42). The van der Waals surface area contributed by atoms with Gasteiger partial charge in [-0.1, -0.05) is 54.6 Å². The highest BCUT2D eigenvalue weighted by molar-refractivity contribution is 5.94. The molecule has 0 radical (unpaired) electrons. The van der Waals surface area contributed by atoms with Crippen LogP contribution in [0.15, 0.2) is 78.9 Å². The van der Waals surface area contributed by atoms with Crippen molar-refractivity contribution in [2.75, 3.05) is 6.61 Å². The molecule has 4 atom stereocenters. The Kier molecular flexibility index (Phi) is 11.4. The van der Waals surface area contributed by atoms with E-state index in [1.54, 1.807) is 42.5 Å². The molecule has 12 nitrogen and oxygen atoms in total. The van der Waals surface area contributed by atoms with Gasteiger partial charge in [0.1, 0.15) is 29.6 Å². The lowest BCUT2D eigenvalue weighted by molar-refractivity contribution is -0.143. The van der Waals surface area contributed by atoms with Crippen LogP contribution >= 0.6 is 0 Å². The van der Waals surface area contributed by atoms with E-state index < -0.39 is 54.5 Å². The van der Waals surface area contributed by atoms with Gasteiger partial charge in [0.2, 0.25) is 17.7 Å². The van der Waals surface area contributed by atoms with Crippen molar-refractivity contribution in [2.45, 2.75) is 43.4 Å². The summed E-state index contributed by atoms with van der Waals surface area (Å²) in [5.41, 5.74) is 8.08. The number of rotatable bonds is 14. The van der Waals surface area contributed by atoms with Gasteiger partial charge in [0.15, 0.2) is 0 Å². The number of benzene rings is 3. The van der Waals surface area contributed by atoms with Crippen LogP contribution in [0.25, 0.3) is 0 Å². The molecule has 4 unspecified atom stereocenters. The Bertz CT molecular complexity index is 1350. The average Bonchev–Trinajstić information content (AvgIpc) is 2.97. The summed E-state index contributed by atoms with van der Waals surface area (Å²) >= 11 is 0. The number of carbonyl (C=O) groups is 4. The van der Waals surface area contributed by atoms with Gasteiger partial charge in [0.25, 0.3) is 0 Å². The molecule has 222 valence electrons. The van der Waals surface area contributed by atoms with E-state index in [1.807, 2.05) is 0 Å². The predicted molar refractivity (Wildman–Crippen MR) is 152 cm³/mol. The molecule has 0 fully saturated rings. The molecule has 3 amide bonds. The van der Waals surface area contributed by atoms with Gasteiger partial charge in [-0.3, -0.25) is 14.4 Å². The van der Waals surface area contributed by atoms with Crippen molar-refractivity contribution >= 4 is 23.7 Å². The third kappa shape index (κ3) is 9.61. The van der Waals surface area contributed by atoms with E-state index in [4.69, 9.17) is 5.73 Å². The number of aliphatic hydroxyl groups is 1. The van der Waals surface area contributed by atoms with Crippen molar-refractivity contribution in [1.82, 2.24) is 16.0 Å². The molecule has 3 aromatic carbocycles. The molecule has 0 aromatic heterocycles. The molecule has 3 rings (SSSR count). The lowest BCUT2D eigenvalue weighted by Gasteiger charge is -2.25. The minimum Gasteiger partial charge on any atom is -0.508 e. The lowest BCUT2D eigenvalue weighted by Crippen LogP contribution is -2.58. The van der Waals surface area contributed by atoms with Crippen LogP contribution in [0.3, 0.4) is 0 Å². The second-order valence-corrected chi connectivity index (χ2v) is 9.74. The van der Waals surface area contributed by atoms with Crippen molar-refractivity contribution in [3.05, 3.63) is 95.6 Å². The quantitative estimate of drug-likeness (QED) is 0.129. The fourth-order valence-corrected chi connectivity index (χ4v) is 4.12. The summed E-state index contributed by atoms with van der Waals surface area (Å²) in [5, 5.41) is 45.2. The SMILES string of the molecule is NC(Cc1ccc(O)cc1)C(=O)NC(Cc1ccccc1)C(=O)NC(Cc1ccc(O)cc1)C(=O)NC(CO)C(=O)O. The van der Waals surface area contributed by atoms with E-state index >= 15 is 0 Å². The largest absolute Gasteiger partial charge is 0.508 e. The summed E-state index contributed by atoms with van der Waals surface area (Å²) in [6, 6.07) is 15.8. The van der Waals surface area contributed by atoms with E-state index in [-0.39, 0.29) is 30.8 Å². The topological polar surface area (TPSA) is 211 Å². The average molecular weight is 579 g/mol. The van der Waals surface area contributed by atoms with Crippen LogP contribution < -0.4 is 21.7 Å². The number of carboxylic acid groups (broad SMARTS) is 1. The van der Waals surface area contributed by atoms with Crippen molar-refractivity contribution in [3.63, 3.8) is 0 Å². The summed E-state index contributed by atoms with van der Waals surface area (Å²) in [7, 11) is 0. The fourth-order valence-electron chi connectivity index (χ4n) is 4.12. The number of amides is 3. The first-order chi connectivity index (χ1) is 20.0. The minimum atomic E-state index is -1.60. The minimum absolute atomic E-state index is 0.00992. The zero-order valence-electron chi connectivity index (χ0n) is 22.6. The molecule has 42 heavy (non-hydrogen) atoms. The summed E-state index contributed by atoms with van der Waals surface area (Å²) in [6.45, 7) is -0.868. The molecule has 0 heterocycles. The van der Waals surface area contributed by atoms with Crippen LogP contribution in [-0.2, 0) is 38.4 Å². The normalized spacial score (nSPS) is 13.7. The Morgan fingerprint density at radius 3 is 1.45 bits per heavy atom. The molecule has 0 saturated heterocycles. The maximum atomic E-state index is 13.6. The van der Waals surface area contributed by atoms with Crippen LogP contribution in [-0.4, -0.2) is 74.9 Å². The summed E-state index contributed by atoms with van der Waals surface area (Å²) in [5.74, 6) is -3.62. The Morgan fingerprint density at radius 2 is 1.00 bits per heavy atom. The number of aliphatic carboxylic acids is 1. The maximum absolute atomic E-state index is 13.6. The van der Waals surface area contributed by atoms with Gasteiger partial charge in [-0.2, -0.15) is 0 Å². The number of aromatic hydroxyl groups is 2. The van der Waals surface area contributed by atoms with E-state index in [0.717, 1.165) is 5.56 Å². The lowest BCUT2D eigenvalue weighted by atomic mass is 10.0. The van der Waals surface area contributed by atoms with Gasteiger partial charge >= 0.3 is 5.97 Å². The Labute approximate surface area is 242 Å². The number of phenolic OH excluding ortho intramolecular Hbond substituents is 2. The molecule has 0 aliphatic carbocycles. The molecule has 0 spiro atoms. The van der Waals surface area contributed by atoms with Crippen molar-refractivity contribution < 1.29 is 39.6 Å². The van der Waals surface area contributed by atoms with Gasteiger partial charge in [-0.05, 0) is 47.4 Å². The van der Waals surface area contributed by atoms with Gasteiger partial charge in [0.05, 0.1) is 12.6 Å². The van der Waals surface area contributed by atoms with E-state index in [2.05, 4.69) is 16.0 Å². The summed E-state index contributed by atoms with van der Waals surface area (Å²) in [4.78, 5) is 51.1. The number of phenols is 2. The number of carbonyl (C=O) groups excluding carboxylic acids is 3. The molecular weight excluding hydrogens is 544 g/mol. The van der Waals surface area contributed by atoms with Crippen molar-refractivity contribution in [2.24, 2.45) is 5.73 Å². The van der Waals surface area contributed by atoms with Gasteiger partial charge in [0, 0.05) is 12.8 Å². The zero-order chi connectivity index (χ0) is 30.6. The number of nitrogens with one attached hydrogen (secondary N) is 3. The van der Waals surface area contributed by atoms with E-state index in [0.29, 0.717) is 11.1 Å². The monoisotopic (exact) mass is 578 g/mol. The molecule has 0 saturated carbocycles. The second-order valence-electron chi connectivity index (χ2n) is 9.74. The number of hydrogen-bond acceptors (Lipinski definition) is 8. The van der Waals surface area contributed by atoms with Crippen molar-refractivity contribution in [1.29, 1.82) is 0 Å². The highest BCUT2D eigenvalue weighted by Crippen LogP contribution is 2.13. The van der Waals surface area contributed by atoms with Crippen LogP contribution in [0.5, 0.6) is 11.5 Å². The fraction of sp³-hybridized carbons (Fsp3) is 0.267. The summed E-state index contributed by atoms with van der Waals surface area (Å²) < 4.78 is 0.